The van der Waals surface area contributed by atoms with E-state index in [4.69, 9.17) is 4.74 Å². The number of aromatic nitrogens is 2. The van der Waals surface area contributed by atoms with Gasteiger partial charge in [0.05, 0.1) is 19.3 Å². The van der Waals surface area contributed by atoms with Crippen molar-refractivity contribution >= 4 is 27.6 Å². The lowest BCUT2D eigenvalue weighted by molar-refractivity contribution is 0.0984. The molecule has 0 saturated carbocycles. The number of rotatable bonds is 4. The van der Waals surface area contributed by atoms with Crippen molar-refractivity contribution in [3.05, 3.63) is 10.8 Å². The second-order valence-electron chi connectivity index (χ2n) is 4.40. The number of hydrogen-bond donors (Lipinski definition) is 1. The van der Waals surface area contributed by atoms with Crippen molar-refractivity contribution in [3.63, 3.8) is 0 Å². The summed E-state index contributed by atoms with van der Waals surface area (Å²) in [5, 5.41) is 3.30. The van der Waals surface area contributed by atoms with Crippen molar-refractivity contribution in [2.45, 2.75) is 26.3 Å². The summed E-state index contributed by atoms with van der Waals surface area (Å²) in [5.41, 5.74) is 0. The number of morpholine rings is 1. The maximum Gasteiger partial charge on any atom is 0.148 e. The molecule has 18 heavy (non-hydrogen) atoms. The SMILES string of the molecule is CCCNc1ncnc(N2CCOCC2C)c1Br. The molecule has 0 amide bonds. The van der Waals surface area contributed by atoms with Gasteiger partial charge >= 0.3 is 0 Å². The van der Waals surface area contributed by atoms with Crippen LogP contribution in [0.1, 0.15) is 20.3 Å². The maximum absolute atomic E-state index is 5.45. The summed E-state index contributed by atoms with van der Waals surface area (Å²) in [6, 6.07) is 0.337. The number of nitrogens with zero attached hydrogens (tertiary/aromatic N) is 3. The largest absolute Gasteiger partial charge is 0.377 e. The molecule has 0 aromatic carbocycles. The Morgan fingerprint density at radius 2 is 2.39 bits per heavy atom. The van der Waals surface area contributed by atoms with Gasteiger partial charge in [-0.05, 0) is 29.3 Å². The Morgan fingerprint density at radius 1 is 1.56 bits per heavy atom. The van der Waals surface area contributed by atoms with Gasteiger partial charge in [0, 0.05) is 13.1 Å². The molecule has 0 spiro atoms. The summed E-state index contributed by atoms with van der Waals surface area (Å²) < 4.78 is 6.39. The normalized spacial score (nSPS) is 19.9. The van der Waals surface area contributed by atoms with Crippen LogP contribution in [0.15, 0.2) is 10.8 Å². The number of ether oxygens (including phenoxy) is 1. The molecule has 1 atom stereocenters. The van der Waals surface area contributed by atoms with Crippen molar-refractivity contribution in [1.29, 1.82) is 0 Å². The minimum atomic E-state index is 0.337. The van der Waals surface area contributed by atoms with Gasteiger partial charge in [0.15, 0.2) is 0 Å². The van der Waals surface area contributed by atoms with Crippen LogP contribution in [0.5, 0.6) is 0 Å². The molecule has 0 aliphatic carbocycles. The highest BCUT2D eigenvalue weighted by Crippen LogP contribution is 2.31. The Balaban J connectivity index is 2.21. The first-order chi connectivity index (χ1) is 8.74. The molecule has 5 nitrogen and oxygen atoms in total. The van der Waals surface area contributed by atoms with Gasteiger partial charge in [-0.25, -0.2) is 9.97 Å². The van der Waals surface area contributed by atoms with Crippen molar-refractivity contribution in [2.24, 2.45) is 0 Å². The molecule has 1 N–H and O–H groups in total. The van der Waals surface area contributed by atoms with Gasteiger partial charge in [0.2, 0.25) is 0 Å². The van der Waals surface area contributed by atoms with Gasteiger partial charge in [-0.1, -0.05) is 6.92 Å². The Bertz CT molecular complexity index is 402. The Morgan fingerprint density at radius 3 is 3.11 bits per heavy atom. The Labute approximate surface area is 116 Å². The van der Waals surface area contributed by atoms with Gasteiger partial charge in [-0.15, -0.1) is 0 Å². The first-order valence-corrected chi connectivity index (χ1v) is 7.12. The van der Waals surface area contributed by atoms with Crippen molar-refractivity contribution in [1.82, 2.24) is 9.97 Å². The van der Waals surface area contributed by atoms with E-state index in [2.05, 4.69) is 50.0 Å². The fourth-order valence-corrected chi connectivity index (χ4v) is 2.54. The molecule has 6 heteroatoms. The van der Waals surface area contributed by atoms with E-state index in [9.17, 15) is 0 Å². The average molecular weight is 315 g/mol. The Hall–Kier alpha value is -0.880. The minimum Gasteiger partial charge on any atom is -0.377 e. The third-order valence-corrected chi connectivity index (χ3v) is 3.68. The third-order valence-electron chi connectivity index (χ3n) is 2.95. The second-order valence-corrected chi connectivity index (χ2v) is 5.20. The number of nitrogens with one attached hydrogen (secondary N) is 1. The van der Waals surface area contributed by atoms with Gasteiger partial charge in [-0.2, -0.15) is 0 Å². The second kappa shape index (κ2) is 6.33. The van der Waals surface area contributed by atoms with Crippen LogP contribution in [-0.2, 0) is 4.74 Å². The highest BCUT2D eigenvalue weighted by Gasteiger charge is 2.23. The van der Waals surface area contributed by atoms with E-state index in [1.807, 2.05) is 0 Å². The van der Waals surface area contributed by atoms with E-state index in [0.717, 1.165) is 48.8 Å². The van der Waals surface area contributed by atoms with Crippen molar-refractivity contribution < 1.29 is 4.74 Å². The van der Waals surface area contributed by atoms with E-state index < -0.39 is 0 Å². The minimum absolute atomic E-state index is 0.337. The molecule has 2 heterocycles. The fourth-order valence-electron chi connectivity index (χ4n) is 1.97. The van der Waals surface area contributed by atoms with Crippen LogP contribution in [-0.4, -0.2) is 42.3 Å². The maximum atomic E-state index is 5.45. The van der Waals surface area contributed by atoms with Crippen LogP contribution >= 0.6 is 15.9 Å². The summed E-state index contributed by atoms with van der Waals surface area (Å²) in [6.45, 7) is 7.55. The monoisotopic (exact) mass is 314 g/mol. The molecule has 1 fully saturated rings. The van der Waals surface area contributed by atoms with Crippen LogP contribution in [0.25, 0.3) is 0 Å². The quantitative estimate of drug-likeness (QED) is 0.924. The van der Waals surface area contributed by atoms with E-state index in [0.29, 0.717) is 6.04 Å². The molecule has 0 radical (unpaired) electrons. The molecule has 1 aromatic heterocycles. The summed E-state index contributed by atoms with van der Waals surface area (Å²) in [4.78, 5) is 10.9. The van der Waals surface area contributed by atoms with Gasteiger partial charge in [-0.3, -0.25) is 0 Å². The van der Waals surface area contributed by atoms with E-state index in [-0.39, 0.29) is 0 Å². The summed E-state index contributed by atoms with van der Waals surface area (Å²) in [6.07, 6.45) is 2.68. The Kier molecular flexibility index (Phi) is 4.77. The van der Waals surface area contributed by atoms with E-state index >= 15 is 0 Å². The van der Waals surface area contributed by atoms with Gasteiger partial charge in [0.1, 0.15) is 22.4 Å². The van der Waals surface area contributed by atoms with Crippen LogP contribution in [0.3, 0.4) is 0 Å². The summed E-state index contributed by atoms with van der Waals surface area (Å²) >= 11 is 3.60. The molecule has 0 bridgehead atoms. The fraction of sp³-hybridized carbons (Fsp3) is 0.667. The zero-order valence-corrected chi connectivity index (χ0v) is 12.4. The first-order valence-electron chi connectivity index (χ1n) is 6.32. The first kappa shape index (κ1) is 13.5. The molecule has 1 aliphatic heterocycles. The number of anilines is 2. The third kappa shape index (κ3) is 2.92. The smallest absolute Gasteiger partial charge is 0.148 e. The zero-order chi connectivity index (χ0) is 13.0. The van der Waals surface area contributed by atoms with Crippen LogP contribution in [0.4, 0.5) is 11.6 Å². The van der Waals surface area contributed by atoms with Crippen LogP contribution < -0.4 is 10.2 Å². The molecule has 2 rings (SSSR count). The summed E-state index contributed by atoms with van der Waals surface area (Å²) in [5.74, 6) is 1.81. The van der Waals surface area contributed by atoms with Crippen LogP contribution in [0.2, 0.25) is 0 Å². The van der Waals surface area contributed by atoms with Crippen molar-refractivity contribution in [3.8, 4) is 0 Å². The molecular weight excluding hydrogens is 296 g/mol. The van der Waals surface area contributed by atoms with E-state index in [1.54, 1.807) is 6.33 Å². The molecular formula is C12H19BrN4O. The van der Waals surface area contributed by atoms with Gasteiger partial charge in [0.25, 0.3) is 0 Å². The van der Waals surface area contributed by atoms with E-state index in [1.165, 1.54) is 0 Å². The predicted molar refractivity (Wildman–Crippen MR) is 76.1 cm³/mol. The van der Waals surface area contributed by atoms with Crippen molar-refractivity contribution in [2.75, 3.05) is 36.5 Å². The molecule has 1 aromatic rings. The average Bonchev–Trinajstić information content (AvgIpc) is 2.39. The lowest BCUT2D eigenvalue weighted by Gasteiger charge is -2.34. The molecule has 1 unspecified atom stereocenters. The lowest BCUT2D eigenvalue weighted by Crippen LogP contribution is -2.44. The van der Waals surface area contributed by atoms with Crippen LogP contribution in [0, 0.1) is 0 Å². The predicted octanol–water partition coefficient (Wildman–Crippen LogP) is 2.29. The summed E-state index contributed by atoms with van der Waals surface area (Å²) in [7, 11) is 0. The highest BCUT2D eigenvalue weighted by molar-refractivity contribution is 9.10. The number of halogens is 1. The highest BCUT2D eigenvalue weighted by atomic mass is 79.9. The zero-order valence-electron chi connectivity index (χ0n) is 10.8. The standard InChI is InChI=1S/C12H19BrN4O/c1-3-4-14-11-10(13)12(16-8-15-11)17-5-6-18-7-9(17)2/h8-9H,3-7H2,1-2H3,(H,14,15,16). The van der Waals surface area contributed by atoms with Gasteiger partial charge < -0.3 is 15.0 Å². The molecule has 1 aliphatic rings. The topological polar surface area (TPSA) is 50.3 Å². The number of hydrogen-bond acceptors (Lipinski definition) is 5. The lowest BCUT2D eigenvalue weighted by atomic mass is 10.2. The molecule has 100 valence electrons. The molecule has 1 saturated heterocycles.